The molecule has 6 nitrogen and oxygen atoms in total. The minimum absolute atomic E-state index is 0.197. The van der Waals surface area contributed by atoms with Crippen molar-refractivity contribution in [1.82, 2.24) is 15.5 Å². The lowest BCUT2D eigenvalue weighted by atomic mass is 9.97. The molecule has 1 aromatic rings. The fourth-order valence-electron chi connectivity index (χ4n) is 3.91. The van der Waals surface area contributed by atoms with Crippen LogP contribution in [0.5, 0.6) is 0 Å². The van der Waals surface area contributed by atoms with Crippen LogP contribution in [-0.4, -0.2) is 34.3 Å². The molecule has 1 aliphatic carbocycles. The Hall–Kier alpha value is -2.37. The van der Waals surface area contributed by atoms with Crippen LogP contribution in [-0.2, 0) is 9.59 Å². The van der Waals surface area contributed by atoms with Gasteiger partial charge in [-0.1, -0.05) is 37.1 Å². The van der Waals surface area contributed by atoms with Crippen LogP contribution in [0.2, 0.25) is 0 Å². The molecule has 134 valence electrons. The Balaban J connectivity index is 1.71. The number of nitrogens with one attached hydrogen (secondary N) is 2. The molecular formula is C19H25N3O3. The second kappa shape index (κ2) is 6.50. The predicted molar refractivity (Wildman–Crippen MR) is 93.8 cm³/mol. The number of carbonyl (C=O) groups is 3. The smallest absolute Gasteiger partial charge is 0.325 e. The lowest BCUT2D eigenvalue weighted by molar-refractivity contribution is -0.138. The minimum atomic E-state index is -0.834. The van der Waals surface area contributed by atoms with Crippen molar-refractivity contribution in [2.24, 2.45) is 0 Å². The monoisotopic (exact) mass is 343 g/mol. The highest BCUT2D eigenvalue weighted by Gasteiger charge is 2.54. The quantitative estimate of drug-likeness (QED) is 0.824. The van der Waals surface area contributed by atoms with Gasteiger partial charge in [0.2, 0.25) is 5.91 Å². The first kappa shape index (κ1) is 17.5. The number of carbonyl (C=O) groups excluding carboxylic acids is 3. The molecule has 0 bridgehead atoms. The number of rotatable bonds is 4. The van der Waals surface area contributed by atoms with Crippen LogP contribution < -0.4 is 10.6 Å². The van der Waals surface area contributed by atoms with Crippen LogP contribution in [0.3, 0.4) is 0 Å². The van der Waals surface area contributed by atoms with E-state index in [1.165, 1.54) is 0 Å². The molecule has 2 N–H and O–H groups in total. The van der Waals surface area contributed by atoms with Gasteiger partial charge in [0.25, 0.3) is 5.91 Å². The first-order chi connectivity index (χ1) is 11.9. The highest BCUT2D eigenvalue weighted by atomic mass is 16.2. The second-order valence-electron chi connectivity index (χ2n) is 7.16. The summed E-state index contributed by atoms with van der Waals surface area (Å²) in [5.41, 5.74) is 1.32. The molecule has 2 atom stereocenters. The topological polar surface area (TPSA) is 78.5 Å². The maximum absolute atomic E-state index is 12.8. The summed E-state index contributed by atoms with van der Waals surface area (Å²) in [6.07, 6.45) is 3.15. The Bertz CT molecular complexity index is 710. The minimum Gasteiger partial charge on any atom is -0.348 e. The van der Waals surface area contributed by atoms with Gasteiger partial charge in [0.15, 0.2) is 0 Å². The van der Waals surface area contributed by atoms with Crippen molar-refractivity contribution < 1.29 is 14.4 Å². The summed E-state index contributed by atoms with van der Waals surface area (Å²) >= 11 is 0. The van der Waals surface area contributed by atoms with Crippen LogP contribution in [0.25, 0.3) is 0 Å². The lowest BCUT2D eigenvalue weighted by Crippen LogP contribution is -2.50. The zero-order valence-electron chi connectivity index (χ0n) is 15.0. The van der Waals surface area contributed by atoms with E-state index < -0.39 is 17.6 Å². The lowest BCUT2D eigenvalue weighted by Gasteiger charge is -2.25. The Morgan fingerprint density at radius 3 is 2.48 bits per heavy atom. The molecule has 3 rings (SSSR count). The largest absolute Gasteiger partial charge is 0.348 e. The Kier molecular flexibility index (Phi) is 4.54. The van der Waals surface area contributed by atoms with E-state index in [0.717, 1.165) is 28.9 Å². The number of nitrogens with zero attached hydrogens (tertiary/aromatic N) is 1. The summed E-state index contributed by atoms with van der Waals surface area (Å²) in [5.74, 6) is -0.588. The van der Waals surface area contributed by atoms with Gasteiger partial charge >= 0.3 is 6.03 Å². The number of benzene rings is 1. The molecule has 1 aromatic carbocycles. The predicted octanol–water partition coefficient (Wildman–Crippen LogP) is 2.43. The van der Waals surface area contributed by atoms with E-state index in [9.17, 15) is 14.4 Å². The summed E-state index contributed by atoms with van der Waals surface area (Å²) in [6, 6.07) is 6.34. The SMILES string of the molecule is Cc1ccccc1[C@@H](C)NC(=O)[C@H](C)N1C(=O)NC2(CCCC2)C1=O. The first-order valence-corrected chi connectivity index (χ1v) is 8.87. The number of imide groups is 1. The van der Waals surface area contributed by atoms with E-state index in [-0.39, 0.29) is 17.9 Å². The maximum Gasteiger partial charge on any atom is 0.325 e. The van der Waals surface area contributed by atoms with Crippen LogP contribution in [0.1, 0.15) is 56.7 Å². The Labute approximate surface area is 148 Å². The number of hydrogen-bond donors (Lipinski definition) is 2. The van der Waals surface area contributed by atoms with Crippen molar-refractivity contribution in [2.75, 3.05) is 0 Å². The first-order valence-electron chi connectivity index (χ1n) is 8.87. The summed E-state index contributed by atoms with van der Waals surface area (Å²) in [6.45, 7) is 5.49. The standard InChI is InChI=1S/C19H25N3O3/c1-12-8-4-5-9-15(12)13(2)20-16(23)14(3)22-17(24)19(21-18(22)25)10-6-7-11-19/h4-5,8-9,13-14H,6-7,10-11H2,1-3H3,(H,20,23)(H,21,25)/t13-,14+/m1/s1. The molecule has 2 fully saturated rings. The third-order valence-electron chi connectivity index (χ3n) is 5.43. The Morgan fingerprint density at radius 1 is 1.20 bits per heavy atom. The van der Waals surface area contributed by atoms with Crippen LogP contribution in [0, 0.1) is 6.92 Å². The summed E-state index contributed by atoms with van der Waals surface area (Å²) in [4.78, 5) is 38.8. The molecule has 25 heavy (non-hydrogen) atoms. The van der Waals surface area contributed by atoms with E-state index in [1.807, 2.05) is 38.1 Å². The zero-order chi connectivity index (χ0) is 18.2. The van der Waals surface area contributed by atoms with Crippen LogP contribution in [0.4, 0.5) is 4.79 Å². The molecule has 1 aliphatic heterocycles. The summed E-state index contributed by atoms with van der Waals surface area (Å²) in [7, 11) is 0. The fraction of sp³-hybridized carbons (Fsp3) is 0.526. The molecule has 0 unspecified atom stereocenters. The van der Waals surface area contributed by atoms with Crippen molar-refractivity contribution in [3.05, 3.63) is 35.4 Å². The van der Waals surface area contributed by atoms with E-state index in [0.29, 0.717) is 12.8 Å². The van der Waals surface area contributed by atoms with Gasteiger partial charge in [0, 0.05) is 0 Å². The van der Waals surface area contributed by atoms with E-state index in [4.69, 9.17) is 0 Å². The number of urea groups is 1. The van der Waals surface area contributed by atoms with Crippen LogP contribution >= 0.6 is 0 Å². The normalized spacial score (nSPS) is 21.3. The van der Waals surface area contributed by atoms with Crippen molar-refractivity contribution in [3.63, 3.8) is 0 Å². The van der Waals surface area contributed by atoms with Crippen LogP contribution in [0.15, 0.2) is 24.3 Å². The second-order valence-corrected chi connectivity index (χ2v) is 7.16. The van der Waals surface area contributed by atoms with Gasteiger partial charge in [-0.25, -0.2) is 9.69 Å². The van der Waals surface area contributed by atoms with Crippen molar-refractivity contribution in [3.8, 4) is 0 Å². The molecule has 2 aliphatic rings. The van der Waals surface area contributed by atoms with Gasteiger partial charge in [-0.05, 0) is 44.7 Å². The van der Waals surface area contributed by atoms with Crippen molar-refractivity contribution >= 4 is 17.8 Å². The molecular weight excluding hydrogens is 318 g/mol. The molecule has 1 heterocycles. The van der Waals surface area contributed by atoms with E-state index in [1.54, 1.807) is 6.92 Å². The Morgan fingerprint density at radius 2 is 1.84 bits per heavy atom. The highest BCUT2D eigenvalue weighted by Crippen LogP contribution is 2.35. The molecule has 1 saturated heterocycles. The van der Waals surface area contributed by atoms with Gasteiger partial charge in [0.05, 0.1) is 6.04 Å². The van der Waals surface area contributed by atoms with E-state index >= 15 is 0 Å². The average molecular weight is 343 g/mol. The molecule has 0 radical (unpaired) electrons. The third-order valence-corrected chi connectivity index (χ3v) is 5.43. The average Bonchev–Trinajstić information content (AvgIpc) is 3.13. The van der Waals surface area contributed by atoms with E-state index in [2.05, 4.69) is 10.6 Å². The number of aryl methyl sites for hydroxylation is 1. The number of amides is 4. The van der Waals surface area contributed by atoms with Gasteiger partial charge in [-0.15, -0.1) is 0 Å². The van der Waals surface area contributed by atoms with Gasteiger partial charge in [0.1, 0.15) is 11.6 Å². The molecule has 1 saturated carbocycles. The molecule has 4 amide bonds. The zero-order valence-corrected chi connectivity index (χ0v) is 15.0. The maximum atomic E-state index is 12.8. The number of hydrogen-bond acceptors (Lipinski definition) is 3. The molecule has 0 aromatic heterocycles. The van der Waals surface area contributed by atoms with Gasteiger partial charge in [-0.3, -0.25) is 9.59 Å². The highest BCUT2D eigenvalue weighted by molar-refractivity contribution is 6.10. The van der Waals surface area contributed by atoms with Crippen molar-refractivity contribution in [2.45, 2.75) is 64.1 Å². The third kappa shape index (κ3) is 3.01. The van der Waals surface area contributed by atoms with Gasteiger partial charge in [-0.2, -0.15) is 0 Å². The van der Waals surface area contributed by atoms with Crippen molar-refractivity contribution in [1.29, 1.82) is 0 Å². The molecule has 1 spiro atoms. The molecule has 6 heteroatoms. The summed E-state index contributed by atoms with van der Waals surface area (Å²) in [5, 5.41) is 5.74. The summed E-state index contributed by atoms with van der Waals surface area (Å²) < 4.78 is 0. The fourth-order valence-corrected chi connectivity index (χ4v) is 3.91. The van der Waals surface area contributed by atoms with Gasteiger partial charge < -0.3 is 10.6 Å².